The summed E-state index contributed by atoms with van der Waals surface area (Å²) in [6.45, 7) is 1.87. The smallest absolute Gasteiger partial charge is 0.264 e. The van der Waals surface area contributed by atoms with Crippen molar-refractivity contribution in [3.63, 3.8) is 0 Å². The van der Waals surface area contributed by atoms with E-state index < -0.39 is 10.0 Å². The van der Waals surface area contributed by atoms with Gasteiger partial charge in [0.2, 0.25) is 0 Å². The summed E-state index contributed by atoms with van der Waals surface area (Å²) in [5, 5.41) is 2.93. The van der Waals surface area contributed by atoms with Crippen LogP contribution in [-0.2, 0) is 10.0 Å². The highest BCUT2D eigenvalue weighted by atomic mass is 127. The molecule has 1 aromatic heterocycles. The second-order valence-electron chi connectivity index (χ2n) is 6.79. The Hall–Kier alpha value is -2.57. The molecule has 1 heterocycles. The van der Waals surface area contributed by atoms with Gasteiger partial charge in [0.05, 0.1) is 29.0 Å². The zero-order valence-electron chi connectivity index (χ0n) is 16.2. The number of rotatable bonds is 6. The highest BCUT2D eigenvalue weighted by Gasteiger charge is 2.23. The molecule has 31 heavy (non-hydrogen) atoms. The first-order valence-electron chi connectivity index (χ1n) is 9.24. The van der Waals surface area contributed by atoms with Gasteiger partial charge >= 0.3 is 0 Å². The molecule has 0 saturated carbocycles. The van der Waals surface area contributed by atoms with Gasteiger partial charge < -0.3 is 5.32 Å². The van der Waals surface area contributed by atoms with E-state index in [-0.39, 0.29) is 28.1 Å². The minimum atomic E-state index is -3.99. The van der Waals surface area contributed by atoms with E-state index in [4.69, 9.17) is 0 Å². The van der Waals surface area contributed by atoms with E-state index in [1.165, 1.54) is 6.07 Å². The summed E-state index contributed by atoms with van der Waals surface area (Å²) >= 11 is 3.02. The van der Waals surface area contributed by atoms with Crippen LogP contribution in [0, 0.1) is 3.57 Å². The summed E-state index contributed by atoms with van der Waals surface area (Å²) in [5.41, 5.74) is 2.19. The van der Waals surface area contributed by atoms with Crippen molar-refractivity contribution in [3.8, 4) is 0 Å². The average Bonchev–Trinajstić information content (AvgIpc) is 3.23. The molecule has 4 rings (SSSR count). The summed E-state index contributed by atoms with van der Waals surface area (Å²) in [4.78, 5) is 13.0. The molecule has 10 heteroatoms. The fourth-order valence-corrected chi connectivity index (χ4v) is 5.43. The van der Waals surface area contributed by atoms with Crippen LogP contribution in [-0.4, -0.2) is 23.1 Å². The fourth-order valence-electron chi connectivity index (χ4n) is 3.10. The van der Waals surface area contributed by atoms with E-state index in [0.717, 1.165) is 20.9 Å². The lowest BCUT2D eigenvalue weighted by Crippen LogP contribution is -2.28. The van der Waals surface area contributed by atoms with Gasteiger partial charge in [0.25, 0.3) is 15.9 Å². The quantitative estimate of drug-likeness (QED) is 0.334. The number of benzene rings is 3. The molecule has 0 fully saturated rings. The molecule has 0 bridgehead atoms. The van der Waals surface area contributed by atoms with Gasteiger partial charge in [0, 0.05) is 3.57 Å². The molecule has 158 valence electrons. The Balaban J connectivity index is 1.65. The van der Waals surface area contributed by atoms with Crippen molar-refractivity contribution in [1.82, 2.24) is 14.1 Å². The Labute approximate surface area is 197 Å². The monoisotopic (exact) mass is 564 g/mol. The van der Waals surface area contributed by atoms with Gasteiger partial charge in [-0.15, -0.1) is 0 Å². The number of fused-ring (bicyclic) bond motifs is 1. The van der Waals surface area contributed by atoms with Crippen LogP contribution in [0.4, 0.5) is 5.69 Å². The Kier molecular flexibility index (Phi) is 6.21. The summed E-state index contributed by atoms with van der Waals surface area (Å²) < 4.78 is 37.8. The number of aromatic nitrogens is 2. The SMILES string of the molecule is CC(NC(=O)c1ccc(I)cc1NS(=O)(=O)c1cccc2nsnc12)c1ccccc1. The van der Waals surface area contributed by atoms with Gasteiger partial charge in [-0.1, -0.05) is 36.4 Å². The third kappa shape index (κ3) is 4.70. The normalized spacial score (nSPS) is 12.5. The molecular weight excluding hydrogens is 547 g/mol. The Morgan fingerprint density at radius 1 is 1.03 bits per heavy atom. The summed E-state index contributed by atoms with van der Waals surface area (Å²) in [6, 6.07) is 19.1. The molecule has 3 aromatic carbocycles. The van der Waals surface area contributed by atoms with E-state index >= 15 is 0 Å². The van der Waals surface area contributed by atoms with Crippen LogP contribution in [0.2, 0.25) is 0 Å². The van der Waals surface area contributed by atoms with Crippen molar-refractivity contribution >= 4 is 67.0 Å². The van der Waals surface area contributed by atoms with Crippen LogP contribution in [0.1, 0.15) is 28.9 Å². The van der Waals surface area contributed by atoms with Crippen molar-refractivity contribution in [2.24, 2.45) is 0 Å². The van der Waals surface area contributed by atoms with Crippen molar-refractivity contribution in [1.29, 1.82) is 0 Å². The van der Waals surface area contributed by atoms with Gasteiger partial charge in [0.1, 0.15) is 15.9 Å². The Morgan fingerprint density at radius 3 is 2.58 bits per heavy atom. The molecule has 0 aliphatic rings. The van der Waals surface area contributed by atoms with Crippen LogP contribution >= 0.6 is 34.3 Å². The second kappa shape index (κ2) is 8.89. The number of anilines is 1. The van der Waals surface area contributed by atoms with E-state index in [0.29, 0.717) is 11.0 Å². The first kappa shape index (κ1) is 21.7. The molecule has 7 nitrogen and oxygen atoms in total. The number of carbonyl (C=O) groups excluding carboxylic acids is 1. The van der Waals surface area contributed by atoms with Crippen molar-refractivity contribution in [2.75, 3.05) is 4.72 Å². The average molecular weight is 564 g/mol. The molecule has 1 unspecified atom stereocenters. The predicted molar refractivity (Wildman–Crippen MR) is 130 cm³/mol. The van der Waals surface area contributed by atoms with Crippen LogP contribution in [0.5, 0.6) is 0 Å². The number of halogens is 1. The molecule has 0 saturated heterocycles. The topological polar surface area (TPSA) is 101 Å². The maximum Gasteiger partial charge on any atom is 0.264 e. The van der Waals surface area contributed by atoms with E-state index in [9.17, 15) is 13.2 Å². The minimum absolute atomic E-state index is 0.0154. The number of sulfonamides is 1. The zero-order valence-corrected chi connectivity index (χ0v) is 20.0. The first-order valence-corrected chi connectivity index (χ1v) is 12.5. The summed E-state index contributed by atoms with van der Waals surface area (Å²) in [7, 11) is -3.99. The highest BCUT2D eigenvalue weighted by Crippen LogP contribution is 2.27. The fraction of sp³-hybridized carbons (Fsp3) is 0.0952. The standard InChI is InChI=1S/C21H17IN4O3S2/c1-13(14-6-3-2-4-7-14)23-21(27)16-11-10-15(22)12-18(16)26-31(28,29)19-9-5-8-17-20(19)25-30-24-17/h2-13,26H,1H3,(H,23,27). The number of nitrogens with one attached hydrogen (secondary N) is 2. The van der Waals surface area contributed by atoms with E-state index in [2.05, 4.69) is 41.4 Å². The lowest BCUT2D eigenvalue weighted by molar-refractivity contribution is 0.0941. The van der Waals surface area contributed by atoms with Gasteiger partial charge in [-0.25, -0.2) is 8.42 Å². The van der Waals surface area contributed by atoms with Gasteiger partial charge in [-0.05, 0) is 65.4 Å². The maximum absolute atomic E-state index is 13.1. The number of amides is 1. The van der Waals surface area contributed by atoms with Crippen molar-refractivity contribution < 1.29 is 13.2 Å². The van der Waals surface area contributed by atoms with Crippen molar-refractivity contribution in [3.05, 3.63) is 81.4 Å². The number of hydrogen-bond donors (Lipinski definition) is 2. The van der Waals surface area contributed by atoms with Crippen LogP contribution in [0.25, 0.3) is 11.0 Å². The number of carbonyl (C=O) groups is 1. The third-order valence-corrected chi connectivity index (χ3v) is 7.27. The van der Waals surface area contributed by atoms with E-state index in [1.54, 1.807) is 30.3 Å². The van der Waals surface area contributed by atoms with Gasteiger partial charge in [0.15, 0.2) is 0 Å². The number of hydrogen-bond acceptors (Lipinski definition) is 6. The zero-order chi connectivity index (χ0) is 22.0. The predicted octanol–water partition coefficient (Wildman–Crippen LogP) is 4.59. The molecule has 4 aromatic rings. The molecule has 1 amide bonds. The summed E-state index contributed by atoms with van der Waals surface area (Å²) in [6.07, 6.45) is 0. The van der Waals surface area contributed by atoms with Crippen LogP contribution < -0.4 is 10.0 Å². The number of nitrogens with zero attached hydrogens (tertiary/aromatic N) is 2. The molecule has 2 N–H and O–H groups in total. The lowest BCUT2D eigenvalue weighted by Gasteiger charge is -2.17. The first-order chi connectivity index (χ1) is 14.8. The lowest BCUT2D eigenvalue weighted by atomic mass is 10.1. The molecular formula is C21H17IN4O3S2. The van der Waals surface area contributed by atoms with E-state index in [1.807, 2.05) is 37.3 Å². The second-order valence-corrected chi connectivity index (χ2v) is 10.2. The third-order valence-electron chi connectivity index (χ3n) is 4.66. The molecule has 0 radical (unpaired) electrons. The van der Waals surface area contributed by atoms with Crippen LogP contribution in [0.3, 0.4) is 0 Å². The summed E-state index contributed by atoms with van der Waals surface area (Å²) in [5.74, 6) is -0.376. The minimum Gasteiger partial charge on any atom is -0.345 e. The Morgan fingerprint density at radius 2 is 1.81 bits per heavy atom. The molecule has 0 aliphatic heterocycles. The molecule has 0 aliphatic carbocycles. The Bertz CT molecular complexity index is 1360. The molecule has 0 spiro atoms. The molecule has 1 atom stereocenters. The largest absolute Gasteiger partial charge is 0.345 e. The maximum atomic E-state index is 13.1. The highest BCUT2D eigenvalue weighted by molar-refractivity contribution is 14.1. The van der Waals surface area contributed by atoms with Crippen LogP contribution in [0.15, 0.2) is 71.6 Å². The van der Waals surface area contributed by atoms with Gasteiger partial charge in [-0.3, -0.25) is 9.52 Å². The van der Waals surface area contributed by atoms with Gasteiger partial charge in [-0.2, -0.15) is 8.75 Å². The van der Waals surface area contributed by atoms with Crippen molar-refractivity contribution in [2.45, 2.75) is 17.9 Å².